The second-order valence-corrected chi connectivity index (χ2v) is 11.4. The van der Waals surface area contributed by atoms with Gasteiger partial charge >= 0.3 is 0 Å². The maximum absolute atomic E-state index is 2.65. The molecule has 1 atom stereocenters. The van der Waals surface area contributed by atoms with Crippen LogP contribution in [0.1, 0.15) is 109 Å². The predicted octanol–water partition coefficient (Wildman–Crippen LogP) is 8.64. The van der Waals surface area contributed by atoms with Crippen molar-refractivity contribution in [2.75, 3.05) is 0 Å². The highest BCUT2D eigenvalue weighted by atomic mass is 14.5. The maximum atomic E-state index is 2.65. The summed E-state index contributed by atoms with van der Waals surface area (Å²) in [6.45, 7) is 7.57. The van der Waals surface area contributed by atoms with Gasteiger partial charge in [-0.1, -0.05) is 95.7 Å². The Bertz CT molecular complexity index is 646. The molecule has 0 saturated heterocycles. The van der Waals surface area contributed by atoms with Crippen LogP contribution in [0.2, 0.25) is 0 Å². The van der Waals surface area contributed by atoms with Crippen LogP contribution in [0.15, 0.2) is 36.4 Å². The van der Waals surface area contributed by atoms with Crippen molar-refractivity contribution in [1.29, 1.82) is 0 Å². The molecule has 0 amide bonds. The van der Waals surface area contributed by atoms with E-state index < -0.39 is 0 Å². The highest BCUT2D eigenvalue weighted by Gasteiger charge is 2.43. The van der Waals surface area contributed by atoms with Gasteiger partial charge in [0.2, 0.25) is 0 Å². The molecule has 0 aliphatic heterocycles. The molecule has 0 radical (unpaired) electrons. The normalized spacial score (nSPS) is 26.5. The van der Waals surface area contributed by atoms with Crippen LogP contribution < -0.4 is 0 Å². The van der Waals surface area contributed by atoms with Crippen LogP contribution in [0.4, 0.5) is 0 Å². The number of rotatable bonds is 5. The largest absolute Gasteiger partial charge is 0.0882 e. The first kappa shape index (κ1) is 21.2. The van der Waals surface area contributed by atoms with E-state index >= 15 is 0 Å². The molecule has 2 saturated carbocycles. The molecule has 1 unspecified atom stereocenters. The van der Waals surface area contributed by atoms with Crippen LogP contribution in [0, 0.1) is 23.2 Å². The van der Waals surface area contributed by atoms with E-state index in [9.17, 15) is 0 Å². The molecule has 3 aliphatic carbocycles. The molecule has 0 spiro atoms. The zero-order chi connectivity index (χ0) is 20.3. The Balaban J connectivity index is 1.56. The number of hydrogen-bond acceptors (Lipinski definition) is 0. The fourth-order valence-corrected chi connectivity index (χ4v) is 6.97. The summed E-state index contributed by atoms with van der Waals surface area (Å²) in [7, 11) is 0. The third-order valence-electron chi connectivity index (χ3n) is 9.27. The average molecular weight is 393 g/mol. The third kappa shape index (κ3) is 4.52. The van der Waals surface area contributed by atoms with Gasteiger partial charge in [-0.15, -0.1) is 0 Å². The molecule has 0 N–H and O–H groups in total. The molecule has 1 aromatic rings. The lowest BCUT2D eigenvalue weighted by molar-refractivity contribution is 0.115. The summed E-state index contributed by atoms with van der Waals surface area (Å²) in [5.41, 5.74) is 4.02. The molecular weight excluding hydrogens is 348 g/mol. The van der Waals surface area contributed by atoms with Crippen molar-refractivity contribution in [3.63, 3.8) is 0 Å². The second kappa shape index (κ2) is 8.99. The smallest absolute Gasteiger partial charge is 0.00188 e. The first-order valence-corrected chi connectivity index (χ1v) is 12.8. The van der Waals surface area contributed by atoms with Crippen molar-refractivity contribution in [2.45, 2.75) is 110 Å². The fourth-order valence-electron chi connectivity index (χ4n) is 6.97. The first-order valence-electron chi connectivity index (χ1n) is 12.8. The van der Waals surface area contributed by atoms with Crippen LogP contribution in [0.25, 0.3) is 0 Å². The number of benzene rings is 1. The van der Waals surface area contributed by atoms with Gasteiger partial charge in [-0.3, -0.25) is 0 Å². The number of hydrogen-bond donors (Lipinski definition) is 0. The topological polar surface area (TPSA) is 0 Å². The minimum Gasteiger partial charge on any atom is -0.0882 e. The van der Waals surface area contributed by atoms with Gasteiger partial charge in [-0.05, 0) is 84.7 Å². The molecule has 1 aromatic carbocycles. The van der Waals surface area contributed by atoms with Gasteiger partial charge in [0, 0.05) is 0 Å². The van der Waals surface area contributed by atoms with E-state index in [0.717, 1.165) is 11.8 Å². The van der Waals surface area contributed by atoms with E-state index in [-0.39, 0.29) is 0 Å². The zero-order valence-electron chi connectivity index (χ0n) is 19.4. The summed E-state index contributed by atoms with van der Waals surface area (Å²) in [5.74, 6) is 2.47. The maximum Gasteiger partial charge on any atom is -0.00188 e. The summed E-state index contributed by atoms with van der Waals surface area (Å²) < 4.78 is 0. The Hall–Kier alpha value is -1.04. The Kier molecular flexibility index (Phi) is 6.57. The van der Waals surface area contributed by atoms with Gasteiger partial charge in [-0.25, -0.2) is 0 Å². The summed E-state index contributed by atoms with van der Waals surface area (Å²) in [5, 5.41) is 0. The third-order valence-corrected chi connectivity index (χ3v) is 9.27. The second-order valence-electron chi connectivity index (χ2n) is 11.4. The van der Waals surface area contributed by atoms with Gasteiger partial charge < -0.3 is 0 Å². The minimum absolute atomic E-state index is 0.392. The Morgan fingerprint density at radius 2 is 1.38 bits per heavy atom. The Labute approximate surface area is 180 Å². The van der Waals surface area contributed by atoms with E-state index in [2.05, 4.69) is 57.2 Å². The van der Waals surface area contributed by atoms with Crippen molar-refractivity contribution in [1.82, 2.24) is 0 Å². The molecule has 3 aliphatic rings. The fraction of sp³-hybridized carbons (Fsp3) is 0.724. The van der Waals surface area contributed by atoms with Crippen LogP contribution >= 0.6 is 0 Å². The molecule has 0 nitrogen and oxygen atoms in total. The van der Waals surface area contributed by atoms with Crippen molar-refractivity contribution in [3.8, 4) is 0 Å². The van der Waals surface area contributed by atoms with Crippen molar-refractivity contribution in [2.24, 2.45) is 23.2 Å². The molecule has 4 rings (SSSR count). The van der Waals surface area contributed by atoms with Crippen LogP contribution in [0.5, 0.6) is 0 Å². The van der Waals surface area contributed by atoms with Crippen molar-refractivity contribution >= 4 is 0 Å². The SMILES string of the molecule is CC1(C)CCC=CC1Cc1ccc(C(C)(C2CCCCC2)C2CCCCC2)cc1. The lowest BCUT2D eigenvalue weighted by Gasteiger charge is -2.48. The Morgan fingerprint density at radius 3 is 1.90 bits per heavy atom. The molecular formula is C29H44. The van der Waals surface area contributed by atoms with E-state index in [1.165, 1.54) is 89.0 Å². The zero-order valence-corrected chi connectivity index (χ0v) is 19.4. The van der Waals surface area contributed by atoms with Gasteiger partial charge in [0.1, 0.15) is 0 Å². The highest BCUT2D eigenvalue weighted by molar-refractivity contribution is 5.31. The quantitative estimate of drug-likeness (QED) is 0.440. The monoisotopic (exact) mass is 392 g/mol. The molecule has 160 valence electrons. The molecule has 0 heteroatoms. The van der Waals surface area contributed by atoms with E-state index in [1.54, 1.807) is 5.56 Å². The van der Waals surface area contributed by atoms with E-state index in [4.69, 9.17) is 0 Å². The highest BCUT2D eigenvalue weighted by Crippen LogP contribution is 2.50. The van der Waals surface area contributed by atoms with Crippen molar-refractivity contribution in [3.05, 3.63) is 47.5 Å². The Morgan fingerprint density at radius 1 is 0.828 bits per heavy atom. The summed E-state index contributed by atoms with van der Waals surface area (Å²) in [6, 6.07) is 10.0. The van der Waals surface area contributed by atoms with Gasteiger partial charge in [0.25, 0.3) is 0 Å². The van der Waals surface area contributed by atoms with E-state index in [0.29, 0.717) is 16.7 Å². The van der Waals surface area contributed by atoms with Gasteiger partial charge in [-0.2, -0.15) is 0 Å². The van der Waals surface area contributed by atoms with Gasteiger partial charge in [0.05, 0.1) is 0 Å². The van der Waals surface area contributed by atoms with Gasteiger partial charge in [0.15, 0.2) is 0 Å². The molecule has 0 bridgehead atoms. The molecule has 29 heavy (non-hydrogen) atoms. The van der Waals surface area contributed by atoms with E-state index in [1.807, 2.05) is 0 Å². The lowest BCUT2D eigenvalue weighted by atomic mass is 9.57. The molecule has 0 heterocycles. The van der Waals surface area contributed by atoms with Crippen LogP contribution in [0.3, 0.4) is 0 Å². The summed E-state index contributed by atoms with van der Waals surface area (Å²) >= 11 is 0. The minimum atomic E-state index is 0.392. The standard InChI is InChI=1S/C29H44/c1-28(2)21-11-10-16-27(28)22-23-17-19-26(20-18-23)29(3,24-12-6-4-7-13-24)25-14-8-5-9-15-25/h10,16-20,24-25,27H,4-9,11-15,21-22H2,1-3H3. The van der Waals surface area contributed by atoms with Crippen molar-refractivity contribution < 1.29 is 0 Å². The van der Waals surface area contributed by atoms with Crippen LogP contribution in [-0.2, 0) is 11.8 Å². The number of allylic oxidation sites excluding steroid dienone is 2. The summed E-state index contributed by atoms with van der Waals surface area (Å²) in [4.78, 5) is 0. The average Bonchev–Trinajstić information content (AvgIpc) is 2.76. The first-order chi connectivity index (χ1) is 14.0. The van der Waals surface area contributed by atoms with Crippen LogP contribution in [-0.4, -0.2) is 0 Å². The lowest BCUT2D eigenvalue weighted by Crippen LogP contribution is -2.41. The summed E-state index contributed by atoms with van der Waals surface area (Å²) in [6.07, 6.45) is 23.2. The molecule has 2 fully saturated rings. The molecule has 0 aromatic heterocycles. The predicted molar refractivity (Wildman–Crippen MR) is 126 cm³/mol.